The number of fused-ring (bicyclic) bond motifs is 1. The minimum absolute atomic E-state index is 0.180. The summed E-state index contributed by atoms with van der Waals surface area (Å²) < 4.78 is 28.4. The van der Waals surface area contributed by atoms with E-state index in [4.69, 9.17) is 0 Å². The molecule has 5 nitrogen and oxygen atoms in total. The lowest BCUT2D eigenvalue weighted by molar-refractivity contribution is -0.120. The maximum atomic E-state index is 13.2. The third kappa shape index (κ3) is 4.00. The van der Waals surface area contributed by atoms with Crippen LogP contribution in [0.1, 0.15) is 30.7 Å². The van der Waals surface area contributed by atoms with Gasteiger partial charge in [0.2, 0.25) is 5.91 Å². The molecule has 0 bridgehead atoms. The fourth-order valence-electron chi connectivity index (χ4n) is 3.23. The van der Waals surface area contributed by atoms with Gasteiger partial charge in [-0.25, -0.2) is 8.42 Å². The highest BCUT2D eigenvalue weighted by Gasteiger charge is 2.33. The van der Waals surface area contributed by atoms with Gasteiger partial charge in [0.05, 0.1) is 0 Å². The third-order valence-corrected chi connectivity index (χ3v) is 7.40. The molecule has 1 aliphatic heterocycles. The van der Waals surface area contributed by atoms with Crippen molar-refractivity contribution in [3.05, 3.63) is 46.8 Å². The summed E-state index contributed by atoms with van der Waals surface area (Å²) in [6.07, 6.45) is 1.26. The fourth-order valence-corrected chi connectivity index (χ4v) is 5.73. The van der Waals surface area contributed by atoms with Gasteiger partial charge in [0.1, 0.15) is 10.3 Å². The zero-order chi connectivity index (χ0) is 18.9. The normalized spacial score (nSPS) is 15.3. The van der Waals surface area contributed by atoms with Gasteiger partial charge < -0.3 is 4.90 Å². The molecule has 0 spiro atoms. The van der Waals surface area contributed by atoms with E-state index in [-0.39, 0.29) is 16.0 Å². The number of hydrogen-bond donors (Lipinski definition) is 1. The first kappa shape index (κ1) is 19.1. The second-order valence-corrected chi connectivity index (χ2v) is 10.3. The van der Waals surface area contributed by atoms with Crippen LogP contribution in [0.25, 0.3) is 0 Å². The number of anilines is 1. The summed E-state index contributed by atoms with van der Waals surface area (Å²) in [6, 6.07) is 10.4. The number of aryl methyl sites for hydroxylation is 1. The summed E-state index contributed by atoms with van der Waals surface area (Å²) in [7, 11) is -3.72. The van der Waals surface area contributed by atoms with Crippen LogP contribution in [0.5, 0.6) is 0 Å². The molecule has 1 aromatic carbocycles. The Hall–Kier alpha value is -1.70. The molecule has 2 heterocycles. The predicted molar refractivity (Wildman–Crippen MR) is 105 cm³/mol. The van der Waals surface area contributed by atoms with Gasteiger partial charge in [-0.3, -0.25) is 4.79 Å². The smallest absolute Gasteiger partial charge is 0.250 e. The minimum Gasteiger partial charge on any atom is -0.310 e. The Morgan fingerprint density at radius 2 is 1.96 bits per heavy atom. The number of nitrogens with one attached hydrogen (secondary N) is 1. The van der Waals surface area contributed by atoms with E-state index < -0.39 is 16.1 Å². The van der Waals surface area contributed by atoms with Gasteiger partial charge in [-0.05, 0) is 49.4 Å². The second-order valence-electron chi connectivity index (χ2n) is 7.04. The van der Waals surface area contributed by atoms with E-state index in [0.29, 0.717) is 13.0 Å². The maximum Gasteiger partial charge on any atom is 0.250 e. The fraction of sp³-hybridized carbons (Fsp3) is 0.421. The van der Waals surface area contributed by atoms with Crippen molar-refractivity contribution in [1.82, 2.24) is 4.72 Å². The highest BCUT2D eigenvalue weighted by atomic mass is 32.2. The van der Waals surface area contributed by atoms with Crippen molar-refractivity contribution < 1.29 is 13.2 Å². The SMILES string of the molecule is Cc1ccc(S(=O)(=O)N[C@@H](CC(C)C)C(=O)N2CCc3ccccc32)s1. The van der Waals surface area contributed by atoms with Crippen LogP contribution in [-0.4, -0.2) is 26.9 Å². The minimum atomic E-state index is -3.72. The van der Waals surface area contributed by atoms with E-state index in [1.165, 1.54) is 11.3 Å². The summed E-state index contributed by atoms with van der Waals surface area (Å²) in [5.74, 6) is 0.00933. The highest BCUT2D eigenvalue weighted by molar-refractivity contribution is 7.91. The number of rotatable bonds is 6. The monoisotopic (exact) mass is 392 g/mol. The number of para-hydroxylation sites is 1. The van der Waals surface area contributed by atoms with Gasteiger partial charge in [0.15, 0.2) is 0 Å². The number of carbonyl (C=O) groups excluding carboxylic acids is 1. The summed E-state index contributed by atoms with van der Waals surface area (Å²) in [4.78, 5) is 15.8. The van der Waals surface area contributed by atoms with Gasteiger partial charge in [-0.2, -0.15) is 4.72 Å². The van der Waals surface area contributed by atoms with Crippen LogP contribution in [0.3, 0.4) is 0 Å². The molecule has 1 aromatic heterocycles. The molecule has 2 aromatic rings. The Balaban J connectivity index is 1.86. The molecule has 0 unspecified atom stereocenters. The lowest BCUT2D eigenvalue weighted by Gasteiger charge is -2.25. The highest BCUT2D eigenvalue weighted by Crippen LogP contribution is 2.29. The molecule has 3 rings (SSSR count). The quantitative estimate of drug-likeness (QED) is 0.820. The molecule has 0 radical (unpaired) electrons. The molecule has 1 N–H and O–H groups in total. The van der Waals surface area contributed by atoms with Crippen molar-refractivity contribution in [2.75, 3.05) is 11.4 Å². The summed E-state index contributed by atoms with van der Waals surface area (Å²) in [6.45, 7) is 6.43. The lowest BCUT2D eigenvalue weighted by atomic mass is 10.0. The van der Waals surface area contributed by atoms with Gasteiger partial charge in [-0.1, -0.05) is 32.0 Å². The second kappa shape index (κ2) is 7.50. The van der Waals surface area contributed by atoms with E-state index >= 15 is 0 Å². The standard InChI is InChI=1S/C19H24N2O3S2/c1-13(2)12-16(20-26(23,24)18-9-8-14(3)25-18)19(22)21-11-10-15-6-4-5-7-17(15)21/h4-9,13,16,20H,10-12H2,1-3H3/t16-/m0/s1. The first-order chi connectivity index (χ1) is 12.3. The first-order valence-corrected chi connectivity index (χ1v) is 11.1. The van der Waals surface area contributed by atoms with E-state index in [1.54, 1.807) is 17.0 Å². The summed E-state index contributed by atoms with van der Waals surface area (Å²) in [5, 5.41) is 0. The maximum absolute atomic E-state index is 13.2. The molecule has 0 saturated heterocycles. The number of sulfonamides is 1. The van der Waals surface area contributed by atoms with Crippen LogP contribution in [0, 0.1) is 12.8 Å². The van der Waals surface area contributed by atoms with Crippen LogP contribution in [0.2, 0.25) is 0 Å². The topological polar surface area (TPSA) is 66.5 Å². The number of thiophene rings is 1. The van der Waals surface area contributed by atoms with Crippen LogP contribution in [0.15, 0.2) is 40.6 Å². The van der Waals surface area contributed by atoms with Crippen molar-refractivity contribution in [1.29, 1.82) is 0 Å². The van der Waals surface area contributed by atoms with Crippen LogP contribution >= 0.6 is 11.3 Å². The molecule has 1 atom stereocenters. The molecule has 0 aliphatic carbocycles. The Labute approximate surface area is 159 Å². The Bertz CT molecular complexity index is 903. The van der Waals surface area contributed by atoms with Crippen molar-refractivity contribution in [3.63, 3.8) is 0 Å². The summed E-state index contributed by atoms with van der Waals surface area (Å²) in [5.41, 5.74) is 2.01. The van der Waals surface area contributed by atoms with Crippen LogP contribution in [-0.2, 0) is 21.2 Å². The lowest BCUT2D eigenvalue weighted by Crippen LogP contribution is -2.48. The number of carbonyl (C=O) groups is 1. The molecule has 1 amide bonds. The molecular formula is C19H24N2O3S2. The zero-order valence-corrected chi connectivity index (χ0v) is 16.9. The first-order valence-electron chi connectivity index (χ1n) is 8.76. The third-order valence-electron chi connectivity index (χ3n) is 4.44. The van der Waals surface area contributed by atoms with Crippen molar-refractivity contribution in [2.24, 2.45) is 5.92 Å². The van der Waals surface area contributed by atoms with E-state index in [2.05, 4.69) is 4.72 Å². The van der Waals surface area contributed by atoms with Crippen molar-refractivity contribution in [2.45, 2.75) is 43.9 Å². The van der Waals surface area contributed by atoms with Crippen molar-refractivity contribution >= 4 is 33.0 Å². The molecule has 7 heteroatoms. The van der Waals surface area contributed by atoms with Gasteiger partial charge in [0, 0.05) is 17.1 Å². The molecule has 0 fully saturated rings. The van der Waals surface area contributed by atoms with Gasteiger partial charge in [0.25, 0.3) is 10.0 Å². The molecule has 0 saturated carbocycles. The predicted octanol–water partition coefficient (Wildman–Crippen LogP) is 3.34. The molecular weight excluding hydrogens is 368 g/mol. The molecule has 140 valence electrons. The number of nitrogens with zero attached hydrogens (tertiary/aromatic N) is 1. The van der Waals surface area contributed by atoms with Crippen LogP contribution < -0.4 is 9.62 Å². The Kier molecular flexibility index (Phi) is 5.50. The van der Waals surface area contributed by atoms with Gasteiger partial charge >= 0.3 is 0 Å². The Morgan fingerprint density at radius 1 is 1.23 bits per heavy atom. The van der Waals surface area contributed by atoms with E-state index in [1.807, 2.05) is 45.0 Å². The van der Waals surface area contributed by atoms with E-state index in [0.717, 1.165) is 22.5 Å². The van der Waals surface area contributed by atoms with E-state index in [9.17, 15) is 13.2 Å². The van der Waals surface area contributed by atoms with Gasteiger partial charge in [-0.15, -0.1) is 11.3 Å². The average Bonchev–Trinajstić information content (AvgIpc) is 3.19. The number of hydrogen-bond acceptors (Lipinski definition) is 4. The Morgan fingerprint density at radius 3 is 2.62 bits per heavy atom. The van der Waals surface area contributed by atoms with Crippen molar-refractivity contribution in [3.8, 4) is 0 Å². The number of benzene rings is 1. The number of amides is 1. The summed E-state index contributed by atoms with van der Waals surface area (Å²) >= 11 is 1.21. The largest absolute Gasteiger partial charge is 0.310 e. The average molecular weight is 393 g/mol. The zero-order valence-electron chi connectivity index (χ0n) is 15.2. The molecule has 26 heavy (non-hydrogen) atoms. The van der Waals surface area contributed by atoms with Crippen LogP contribution in [0.4, 0.5) is 5.69 Å². The molecule has 1 aliphatic rings.